The van der Waals surface area contributed by atoms with Crippen LogP contribution >= 0.6 is 0 Å². The number of ketones is 1. The number of hydrogen-bond acceptors (Lipinski definition) is 2. The predicted octanol–water partition coefficient (Wildman–Crippen LogP) is 3.08. The van der Waals surface area contributed by atoms with E-state index in [9.17, 15) is 4.79 Å². The van der Waals surface area contributed by atoms with E-state index in [4.69, 9.17) is 0 Å². The van der Waals surface area contributed by atoms with Gasteiger partial charge in [0.1, 0.15) is 5.78 Å². The third kappa shape index (κ3) is 4.61. The molecule has 0 bridgehead atoms. The van der Waals surface area contributed by atoms with Gasteiger partial charge in [0.2, 0.25) is 0 Å². The summed E-state index contributed by atoms with van der Waals surface area (Å²) in [5.74, 6) is 0.266. The molecule has 1 unspecified atom stereocenters. The van der Waals surface area contributed by atoms with Gasteiger partial charge >= 0.3 is 0 Å². The van der Waals surface area contributed by atoms with Gasteiger partial charge in [-0.3, -0.25) is 4.79 Å². The lowest BCUT2D eigenvalue weighted by Gasteiger charge is -2.31. The summed E-state index contributed by atoms with van der Waals surface area (Å²) in [4.78, 5) is 11.7. The molecule has 0 aliphatic carbocycles. The Balaban J connectivity index is 4.35. The Kier molecular flexibility index (Phi) is 7.31. The second-order valence-corrected chi connectivity index (χ2v) is 4.17. The summed E-state index contributed by atoms with van der Waals surface area (Å²) in [5.41, 5.74) is -0.293. The van der Waals surface area contributed by atoms with Crippen molar-refractivity contribution < 1.29 is 4.79 Å². The lowest BCUT2D eigenvalue weighted by atomic mass is 9.84. The Morgan fingerprint density at radius 1 is 1.40 bits per heavy atom. The van der Waals surface area contributed by atoms with Gasteiger partial charge in [0.05, 0.1) is 5.54 Å². The second-order valence-electron chi connectivity index (χ2n) is 4.17. The maximum atomic E-state index is 11.7. The standard InChI is InChI=1S/C13H25NO/c1-5-7-9-11-13(14-4,12(3)15)10-8-6-2/h5,14H,1,6-11H2,2-4H3. The van der Waals surface area contributed by atoms with Gasteiger partial charge in [-0.2, -0.15) is 0 Å². The van der Waals surface area contributed by atoms with E-state index in [0.717, 1.165) is 38.5 Å². The van der Waals surface area contributed by atoms with Gasteiger partial charge < -0.3 is 5.32 Å². The second kappa shape index (κ2) is 7.63. The molecule has 0 amide bonds. The predicted molar refractivity (Wildman–Crippen MR) is 66.0 cm³/mol. The van der Waals surface area contributed by atoms with Crippen LogP contribution in [0.3, 0.4) is 0 Å². The summed E-state index contributed by atoms with van der Waals surface area (Å²) < 4.78 is 0. The van der Waals surface area contributed by atoms with E-state index in [0.29, 0.717) is 0 Å². The first kappa shape index (κ1) is 14.4. The maximum absolute atomic E-state index is 11.7. The zero-order chi connectivity index (χ0) is 11.7. The third-order valence-corrected chi connectivity index (χ3v) is 3.12. The Bertz CT molecular complexity index is 201. The Morgan fingerprint density at radius 2 is 2.00 bits per heavy atom. The zero-order valence-electron chi connectivity index (χ0n) is 10.4. The van der Waals surface area contributed by atoms with Gasteiger partial charge in [-0.1, -0.05) is 25.8 Å². The highest BCUT2D eigenvalue weighted by Gasteiger charge is 2.31. The van der Waals surface area contributed by atoms with Crippen LogP contribution in [0.2, 0.25) is 0 Å². The summed E-state index contributed by atoms with van der Waals surface area (Å²) in [7, 11) is 1.89. The summed E-state index contributed by atoms with van der Waals surface area (Å²) >= 11 is 0. The van der Waals surface area contributed by atoms with Crippen molar-refractivity contribution in [1.29, 1.82) is 0 Å². The normalized spacial score (nSPS) is 14.6. The molecule has 0 aromatic heterocycles. The number of nitrogens with one attached hydrogen (secondary N) is 1. The number of hydrogen-bond donors (Lipinski definition) is 1. The zero-order valence-corrected chi connectivity index (χ0v) is 10.4. The van der Waals surface area contributed by atoms with Crippen LogP contribution in [0, 0.1) is 0 Å². The molecular formula is C13H25NO. The molecule has 0 fully saturated rings. The maximum Gasteiger partial charge on any atom is 0.149 e. The highest BCUT2D eigenvalue weighted by molar-refractivity contribution is 5.86. The average molecular weight is 211 g/mol. The molecule has 0 aliphatic rings. The Morgan fingerprint density at radius 3 is 2.40 bits per heavy atom. The number of rotatable bonds is 9. The van der Waals surface area contributed by atoms with Crippen LogP contribution < -0.4 is 5.32 Å². The fourth-order valence-corrected chi connectivity index (χ4v) is 1.93. The first-order valence-electron chi connectivity index (χ1n) is 5.93. The van der Waals surface area contributed by atoms with Crippen molar-refractivity contribution in [3.05, 3.63) is 12.7 Å². The van der Waals surface area contributed by atoms with E-state index in [2.05, 4.69) is 18.8 Å². The van der Waals surface area contributed by atoms with Crippen LogP contribution in [0.15, 0.2) is 12.7 Å². The fourth-order valence-electron chi connectivity index (χ4n) is 1.93. The van der Waals surface area contributed by atoms with Crippen LogP contribution in [0.4, 0.5) is 0 Å². The molecule has 0 saturated heterocycles. The van der Waals surface area contributed by atoms with E-state index >= 15 is 0 Å². The lowest BCUT2D eigenvalue weighted by Crippen LogP contribution is -2.49. The summed E-state index contributed by atoms with van der Waals surface area (Å²) in [6.07, 6.45) is 8.06. The van der Waals surface area contributed by atoms with Gasteiger partial charge in [0.25, 0.3) is 0 Å². The molecule has 1 atom stereocenters. The van der Waals surface area contributed by atoms with Crippen LogP contribution in [-0.2, 0) is 4.79 Å². The minimum absolute atomic E-state index is 0.266. The van der Waals surface area contributed by atoms with Crippen molar-refractivity contribution >= 4 is 5.78 Å². The van der Waals surface area contributed by atoms with Crippen LogP contribution in [0.25, 0.3) is 0 Å². The van der Waals surface area contributed by atoms with Gasteiger partial charge in [-0.05, 0) is 39.7 Å². The highest BCUT2D eigenvalue weighted by Crippen LogP contribution is 2.22. The van der Waals surface area contributed by atoms with E-state index in [1.807, 2.05) is 13.1 Å². The molecule has 0 rings (SSSR count). The van der Waals surface area contributed by atoms with E-state index in [1.54, 1.807) is 6.92 Å². The molecule has 0 aromatic carbocycles. The molecule has 2 heteroatoms. The molecule has 0 aromatic rings. The monoisotopic (exact) mass is 211 g/mol. The largest absolute Gasteiger partial charge is 0.308 e. The van der Waals surface area contributed by atoms with Crippen molar-refractivity contribution in [3.63, 3.8) is 0 Å². The van der Waals surface area contributed by atoms with Crippen molar-refractivity contribution in [3.8, 4) is 0 Å². The summed E-state index contributed by atoms with van der Waals surface area (Å²) in [6, 6.07) is 0. The van der Waals surface area contributed by atoms with E-state index in [1.165, 1.54) is 0 Å². The molecule has 15 heavy (non-hydrogen) atoms. The third-order valence-electron chi connectivity index (χ3n) is 3.12. The van der Waals surface area contributed by atoms with Gasteiger partial charge in [0.15, 0.2) is 0 Å². The van der Waals surface area contributed by atoms with Crippen LogP contribution in [0.1, 0.15) is 52.4 Å². The van der Waals surface area contributed by atoms with Crippen LogP contribution in [0.5, 0.6) is 0 Å². The Labute approximate surface area is 94.1 Å². The molecular weight excluding hydrogens is 186 g/mol. The summed E-state index contributed by atoms with van der Waals surface area (Å²) in [5, 5.41) is 3.22. The quantitative estimate of drug-likeness (QED) is 0.469. The molecule has 0 heterocycles. The summed E-state index contributed by atoms with van der Waals surface area (Å²) in [6.45, 7) is 7.56. The number of allylic oxidation sites excluding steroid dienone is 1. The van der Waals surface area contributed by atoms with Gasteiger partial charge in [0, 0.05) is 0 Å². The molecule has 0 spiro atoms. The fraction of sp³-hybridized carbons (Fsp3) is 0.769. The van der Waals surface area contributed by atoms with Crippen molar-refractivity contribution in [2.24, 2.45) is 0 Å². The molecule has 0 aliphatic heterocycles. The molecule has 1 N–H and O–H groups in total. The van der Waals surface area contributed by atoms with Gasteiger partial charge in [-0.15, -0.1) is 6.58 Å². The average Bonchev–Trinajstić information content (AvgIpc) is 2.23. The highest BCUT2D eigenvalue weighted by atomic mass is 16.1. The lowest BCUT2D eigenvalue weighted by molar-refractivity contribution is -0.123. The minimum Gasteiger partial charge on any atom is -0.308 e. The number of unbranched alkanes of at least 4 members (excludes halogenated alkanes) is 2. The Hall–Kier alpha value is -0.630. The minimum atomic E-state index is -0.293. The first-order valence-corrected chi connectivity index (χ1v) is 5.93. The molecule has 0 radical (unpaired) electrons. The van der Waals surface area contributed by atoms with Crippen molar-refractivity contribution in [2.45, 2.75) is 57.9 Å². The van der Waals surface area contributed by atoms with Crippen molar-refractivity contribution in [2.75, 3.05) is 7.05 Å². The van der Waals surface area contributed by atoms with E-state index < -0.39 is 0 Å². The number of carbonyl (C=O) groups is 1. The topological polar surface area (TPSA) is 29.1 Å². The first-order chi connectivity index (χ1) is 7.13. The molecule has 88 valence electrons. The van der Waals surface area contributed by atoms with Gasteiger partial charge in [-0.25, -0.2) is 0 Å². The number of carbonyl (C=O) groups excluding carboxylic acids is 1. The smallest absolute Gasteiger partial charge is 0.149 e. The van der Waals surface area contributed by atoms with Crippen molar-refractivity contribution in [1.82, 2.24) is 5.32 Å². The van der Waals surface area contributed by atoms with E-state index in [-0.39, 0.29) is 11.3 Å². The SMILES string of the molecule is C=CCCCC(CCCC)(NC)C(C)=O. The number of Topliss-reactive ketones (excluding diaryl/α,β-unsaturated/α-hetero) is 1. The van der Waals surface area contributed by atoms with Crippen LogP contribution in [-0.4, -0.2) is 18.4 Å². The molecule has 2 nitrogen and oxygen atoms in total. The number of likely N-dealkylation sites (N-methyl/N-ethyl adjacent to an activating group) is 1. The molecule has 0 saturated carbocycles.